The standard InChI is InChI=1S/C19H22N2O4.ClH/c1-11-6-12(2)13(3)16(7-11)23-5-4-19(22)21-15-9-18-17(8-14(15)20)24-10-25-18;/h6-9H,4-5,10,20H2,1-3H3,(H,21,22);1H. The fourth-order valence-corrected chi connectivity index (χ4v) is 2.68. The fraction of sp³-hybridized carbons (Fsp3) is 0.316. The highest BCUT2D eigenvalue weighted by atomic mass is 35.5. The lowest BCUT2D eigenvalue weighted by Crippen LogP contribution is -2.16. The number of carbonyl (C=O) groups excluding carboxylic acids is 1. The van der Waals surface area contributed by atoms with Crippen molar-refractivity contribution in [1.29, 1.82) is 0 Å². The Morgan fingerprint density at radius 1 is 1.15 bits per heavy atom. The molecule has 6 nitrogen and oxygen atoms in total. The van der Waals surface area contributed by atoms with Crippen LogP contribution in [0.1, 0.15) is 23.1 Å². The minimum Gasteiger partial charge on any atom is -0.493 e. The smallest absolute Gasteiger partial charge is 0.231 e. The number of hydrogen-bond acceptors (Lipinski definition) is 5. The topological polar surface area (TPSA) is 82.8 Å². The van der Waals surface area contributed by atoms with Gasteiger partial charge in [-0.25, -0.2) is 0 Å². The number of aryl methyl sites for hydroxylation is 2. The Labute approximate surface area is 159 Å². The second-order valence-electron chi connectivity index (χ2n) is 6.14. The first kappa shape index (κ1) is 19.7. The Bertz CT molecular complexity index is 824. The van der Waals surface area contributed by atoms with Gasteiger partial charge in [-0.3, -0.25) is 4.79 Å². The molecule has 1 aliphatic heterocycles. The number of anilines is 2. The summed E-state index contributed by atoms with van der Waals surface area (Å²) in [5.74, 6) is 1.80. The summed E-state index contributed by atoms with van der Waals surface area (Å²) in [6.07, 6.45) is 0.223. The summed E-state index contributed by atoms with van der Waals surface area (Å²) in [6.45, 7) is 6.53. The molecule has 0 aromatic heterocycles. The maximum absolute atomic E-state index is 12.2. The number of nitrogen functional groups attached to an aromatic ring is 1. The van der Waals surface area contributed by atoms with E-state index in [9.17, 15) is 4.79 Å². The lowest BCUT2D eigenvalue weighted by Gasteiger charge is -2.13. The molecule has 2 aromatic rings. The summed E-state index contributed by atoms with van der Waals surface area (Å²) in [6, 6.07) is 7.41. The van der Waals surface area contributed by atoms with Crippen LogP contribution >= 0.6 is 12.4 Å². The predicted octanol–water partition coefficient (Wildman–Crippen LogP) is 3.75. The molecule has 3 N–H and O–H groups in total. The molecule has 0 fully saturated rings. The number of amides is 1. The number of benzene rings is 2. The Balaban J connectivity index is 0.00000243. The first-order chi connectivity index (χ1) is 11.9. The molecule has 1 amide bonds. The van der Waals surface area contributed by atoms with Gasteiger partial charge >= 0.3 is 0 Å². The molecule has 1 heterocycles. The normalized spacial score (nSPS) is 11.7. The number of carbonyl (C=O) groups is 1. The average Bonchev–Trinajstić information content (AvgIpc) is 2.99. The first-order valence-electron chi connectivity index (χ1n) is 8.13. The van der Waals surface area contributed by atoms with Gasteiger partial charge in [0.15, 0.2) is 11.5 Å². The number of halogens is 1. The largest absolute Gasteiger partial charge is 0.493 e. The SMILES string of the molecule is Cc1cc(C)c(C)c(OCCC(=O)Nc2cc3c(cc2N)OCO3)c1.Cl. The van der Waals surface area contributed by atoms with Crippen LogP contribution in [0.15, 0.2) is 24.3 Å². The van der Waals surface area contributed by atoms with Crippen LogP contribution in [0.25, 0.3) is 0 Å². The van der Waals surface area contributed by atoms with Gasteiger partial charge in [0, 0.05) is 12.1 Å². The molecule has 0 unspecified atom stereocenters. The van der Waals surface area contributed by atoms with Gasteiger partial charge in [0.2, 0.25) is 12.7 Å². The number of rotatable bonds is 5. The van der Waals surface area contributed by atoms with Crippen LogP contribution in [-0.2, 0) is 4.79 Å². The average molecular weight is 379 g/mol. The van der Waals surface area contributed by atoms with Crippen molar-refractivity contribution in [1.82, 2.24) is 0 Å². The zero-order chi connectivity index (χ0) is 18.0. The number of nitrogens with two attached hydrogens (primary N) is 1. The van der Waals surface area contributed by atoms with Crippen molar-refractivity contribution >= 4 is 29.7 Å². The second-order valence-corrected chi connectivity index (χ2v) is 6.14. The molecule has 0 atom stereocenters. The lowest BCUT2D eigenvalue weighted by molar-refractivity contribution is -0.116. The molecule has 3 rings (SSSR count). The number of fused-ring (bicyclic) bond motifs is 1. The van der Waals surface area contributed by atoms with Gasteiger partial charge in [-0.15, -0.1) is 12.4 Å². The number of nitrogens with one attached hydrogen (secondary N) is 1. The molecule has 0 saturated carbocycles. The second kappa shape index (κ2) is 8.19. The van der Waals surface area contributed by atoms with E-state index in [0.717, 1.165) is 16.9 Å². The summed E-state index contributed by atoms with van der Waals surface area (Å²) in [7, 11) is 0. The number of hydrogen-bond donors (Lipinski definition) is 2. The maximum Gasteiger partial charge on any atom is 0.231 e. The molecule has 140 valence electrons. The summed E-state index contributed by atoms with van der Waals surface area (Å²) in [5, 5.41) is 2.78. The summed E-state index contributed by atoms with van der Waals surface area (Å²) in [4.78, 5) is 12.2. The van der Waals surface area contributed by atoms with E-state index in [-0.39, 0.29) is 31.5 Å². The van der Waals surface area contributed by atoms with Gasteiger partial charge in [-0.05, 0) is 43.5 Å². The monoisotopic (exact) mass is 378 g/mol. The van der Waals surface area contributed by atoms with Crippen molar-refractivity contribution in [3.63, 3.8) is 0 Å². The van der Waals surface area contributed by atoms with E-state index in [1.807, 2.05) is 26.8 Å². The molecule has 0 saturated heterocycles. The van der Waals surface area contributed by atoms with Crippen LogP contribution in [0.5, 0.6) is 17.2 Å². The van der Waals surface area contributed by atoms with Gasteiger partial charge in [-0.2, -0.15) is 0 Å². The van der Waals surface area contributed by atoms with Crippen molar-refractivity contribution in [2.45, 2.75) is 27.2 Å². The lowest BCUT2D eigenvalue weighted by atomic mass is 10.1. The van der Waals surface area contributed by atoms with E-state index in [4.69, 9.17) is 19.9 Å². The van der Waals surface area contributed by atoms with Gasteiger partial charge in [0.05, 0.1) is 24.4 Å². The Morgan fingerprint density at radius 3 is 2.58 bits per heavy atom. The molecule has 0 spiro atoms. The van der Waals surface area contributed by atoms with Crippen molar-refractivity contribution in [3.05, 3.63) is 41.0 Å². The van der Waals surface area contributed by atoms with Crippen LogP contribution in [0.2, 0.25) is 0 Å². The molecule has 0 aliphatic carbocycles. The van der Waals surface area contributed by atoms with Crippen LogP contribution in [0.3, 0.4) is 0 Å². The quantitative estimate of drug-likeness (QED) is 0.774. The van der Waals surface area contributed by atoms with Crippen molar-refractivity contribution < 1.29 is 19.0 Å². The van der Waals surface area contributed by atoms with Crippen LogP contribution < -0.4 is 25.3 Å². The van der Waals surface area contributed by atoms with Crippen LogP contribution in [0.4, 0.5) is 11.4 Å². The van der Waals surface area contributed by atoms with E-state index in [1.165, 1.54) is 5.56 Å². The van der Waals surface area contributed by atoms with Gasteiger partial charge in [0.1, 0.15) is 5.75 Å². The Hall–Kier alpha value is -2.60. The van der Waals surface area contributed by atoms with E-state index in [2.05, 4.69) is 11.4 Å². The summed E-state index contributed by atoms with van der Waals surface area (Å²) < 4.78 is 16.3. The zero-order valence-corrected chi connectivity index (χ0v) is 15.9. The van der Waals surface area contributed by atoms with E-state index in [1.54, 1.807) is 12.1 Å². The predicted molar refractivity (Wildman–Crippen MR) is 104 cm³/mol. The van der Waals surface area contributed by atoms with Crippen LogP contribution in [0, 0.1) is 20.8 Å². The van der Waals surface area contributed by atoms with Crippen molar-refractivity contribution in [2.75, 3.05) is 24.5 Å². The minimum atomic E-state index is -0.174. The molecule has 2 aromatic carbocycles. The summed E-state index contributed by atoms with van der Waals surface area (Å²) >= 11 is 0. The third-order valence-corrected chi connectivity index (χ3v) is 4.17. The van der Waals surface area contributed by atoms with E-state index in [0.29, 0.717) is 29.5 Å². The molecule has 26 heavy (non-hydrogen) atoms. The minimum absolute atomic E-state index is 0. The maximum atomic E-state index is 12.2. The molecule has 7 heteroatoms. The van der Waals surface area contributed by atoms with Gasteiger partial charge in [-0.1, -0.05) is 6.07 Å². The van der Waals surface area contributed by atoms with Crippen LogP contribution in [-0.4, -0.2) is 19.3 Å². The van der Waals surface area contributed by atoms with Gasteiger partial charge < -0.3 is 25.3 Å². The molecular weight excluding hydrogens is 356 g/mol. The highest BCUT2D eigenvalue weighted by Crippen LogP contribution is 2.38. The summed E-state index contributed by atoms with van der Waals surface area (Å²) in [5.41, 5.74) is 10.3. The zero-order valence-electron chi connectivity index (χ0n) is 15.0. The van der Waals surface area contributed by atoms with Gasteiger partial charge in [0.25, 0.3) is 0 Å². The third-order valence-electron chi connectivity index (χ3n) is 4.17. The van der Waals surface area contributed by atoms with Crippen molar-refractivity contribution in [3.8, 4) is 17.2 Å². The van der Waals surface area contributed by atoms with E-state index < -0.39 is 0 Å². The first-order valence-corrected chi connectivity index (χ1v) is 8.13. The Morgan fingerprint density at radius 2 is 1.85 bits per heavy atom. The Kier molecular flexibility index (Phi) is 6.21. The molecule has 1 aliphatic rings. The third kappa shape index (κ3) is 4.32. The highest BCUT2D eigenvalue weighted by Gasteiger charge is 2.17. The molecule has 0 radical (unpaired) electrons. The number of ether oxygens (including phenoxy) is 3. The van der Waals surface area contributed by atoms with E-state index >= 15 is 0 Å². The molecule has 0 bridgehead atoms. The highest BCUT2D eigenvalue weighted by molar-refractivity contribution is 5.94. The van der Waals surface area contributed by atoms with Crippen molar-refractivity contribution in [2.24, 2.45) is 0 Å². The fourth-order valence-electron chi connectivity index (χ4n) is 2.68. The molecular formula is C19H23ClN2O4.